The maximum absolute atomic E-state index is 5.82. The number of nitrogens with zero attached hydrogens (tertiary/aromatic N) is 3. The molecule has 2 unspecified atom stereocenters. The third-order valence-electron chi connectivity index (χ3n) is 4.89. The van der Waals surface area contributed by atoms with Crippen LogP contribution >= 0.6 is 0 Å². The molecule has 110 valence electrons. The molecule has 1 saturated heterocycles. The maximum Gasteiger partial charge on any atom is 0.150 e. The first-order valence-corrected chi connectivity index (χ1v) is 8.19. The van der Waals surface area contributed by atoms with Crippen molar-refractivity contribution < 1.29 is 4.74 Å². The molecule has 0 bridgehead atoms. The Balaban J connectivity index is 1.43. The Bertz CT molecular complexity index is 462. The average molecular weight is 276 g/mol. The molecule has 5 nitrogen and oxygen atoms in total. The van der Waals surface area contributed by atoms with Crippen LogP contribution < -0.4 is 5.32 Å². The zero-order chi connectivity index (χ0) is 13.4. The minimum absolute atomic E-state index is 0.442. The Morgan fingerprint density at radius 3 is 2.95 bits per heavy atom. The number of ether oxygens (including phenoxy) is 1. The van der Waals surface area contributed by atoms with E-state index in [1.165, 1.54) is 43.8 Å². The molecule has 3 heterocycles. The van der Waals surface area contributed by atoms with E-state index >= 15 is 0 Å². The Labute approximate surface area is 120 Å². The summed E-state index contributed by atoms with van der Waals surface area (Å²) in [6.45, 7) is 3.02. The van der Waals surface area contributed by atoms with Gasteiger partial charge in [-0.15, -0.1) is 10.2 Å². The highest BCUT2D eigenvalue weighted by Gasteiger charge is 2.37. The molecule has 0 spiro atoms. The van der Waals surface area contributed by atoms with E-state index in [2.05, 4.69) is 20.1 Å². The van der Waals surface area contributed by atoms with Gasteiger partial charge >= 0.3 is 0 Å². The van der Waals surface area contributed by atoms with Gasteiger partial charge in [-0.05, 0) is 44.4 Å². The molecule has 0 amide bonds. The van der Waals surface area contributed by atoms with Crippen molar-refractivity contribution in [3.8, 4) is 0 Å². The van der Waals surface area contributed by atoms with Gasteiger partial charge in [-0.25, -0.2) is 0 Å². The van der Waals surface area contributed by atoms with Crippen LogP contribution in [0.25, 0.3) is 0 Å². The van der Waals surface area contributed by atoms with E-state index in [1.807, 2.05) is 0 Å². The summed E-state index contributed by atoms with van der Waals surface area (Å²) < 4.78 is 8.18. The van der Waals surface area contributed by atoms with Gasteiger partial charge in [0.15, 0.2) is 5.82 Å². The zero-order valence-electron chi connectivity index (χ0n) is 12.1. The predicted octanol–water partition coefficient (Wildman–Crippen LogP) is 1.83. The third kappa shape index (κ3) is 2.49. The Morgan fingerprint density at radius 2 is 2.15 bits per heavy atom. The smallest absolute Gasteiger partial charge is 0.150 e. The maximum atomic E-state index is 5.82. The molecule has 4 rings (SSSR count). The van der Waals surface area contributed by atoms with Crippen molar-refractivity contribution in [2.75, 3.05) is 13.2 Å². The number of hydrogen-bond donors (Lipinski definition) is 1. The minimum Gasteiger partial charge on any atom is -0.378 e. The van der Waals surface area contributed by atoms with Crippen LogP contribution in [-0.4, -0.2) is 34.0 Å². The zero-order valence-corrected chi connectivity index (χ0v) is 12.1. The lowest BCUT2D eigenvalue weighted by Gasteiger charge is -2.25. The monoisotopic (exact) mass is 276 g/mol. The van der Waals surface area contributed by atoms with Crippen molar-refractivity contribution in [3.05, 3.63) is 11.6 Å². The molecule has 2 fully saturated rings. The van der Waals surface area contributed by atoms with Gasteiger partial charge in [-0.2, -0.15) is 0 Å². The van der Waals surface area contributed by atoms with Crippen LogP contribution in [0.3, 0.4) is 0 Å². The fourth-order valence-electron chi connectivity index (χ4n) is 3.56. The topological polar surface area (TPSA) is 52.0 Å². The first kappa shape index (κ1) is 12.8. The van der Waals surface area contributed by atoms with Crippen molar-refractivity contribution in [3.63, 3.8) is 0 Å². The van der Waals surface area contributed by atoms with Crippen molar-refractivity contribution >= 4 is 0 Å². The number of aryl methyl sites for hydroxylation is 1. The van der Waals surface area contributed by atoms with E-state index in [0.29, 0.717) is 12.1 Å². The molecule has 0 aromatic carbocycles. The van der Waals surface area contributed by atoms with Crippen molar-refractivity contribution in [2.24, 2.45) is 5.92 Å². The second-order valence-corrected chi connectivity index (χ2v) is 6.42. The van der Waals surface area contributed by atoms with Crippen LogP contribution in [0.2, 0.25) is 0 Å². The van der Waals surface area contributed by atoms with E-state index in [4.69, 9.17) is 4.74 Å². The molecule has 1 aromatic rings. The highest BCUT2D eigenvalue weighted by Crippen LogP contribution is 2.41. The molecule has 1 N–H and O–H groups in total. The fourth-order valence-corrected chi connectivity index (χ4v) is 3.56. The molecule has 20 heavy (non-hydrogen) atoms. The molecule has 3 aliphatic rings. The van der Waals surface area contributed by atoms with Gasteiger partial charge in [0.2, 0.25) is 0 Å². The third-order valence-corrected chi connectivity index (χ3v) is 4.89. The molecule has 2 atom stereocenters. The number of aromatic nitrogens is 3. The summed E-state index contributed by atoms with van der Waals surface area (Å²) in [4.78, 5) is 0. The highest BCUT2D eigenvalue weighted by molar-refractivity contribution is 5.09. The lowest BCUT2D eigenvalue weighted by Crippen LogP contribution is -2.35. The fraction of sp³-hybridized carbons (Fsp3) is 0.867. The second-order valence-electron chi connectivity index (χ2n) is 6.42. The summed E-state index contributed by atoms with van der Waals surface area (Å²) in [5.41, 5.74) is 0. The summed E-state index contributed by atoms with van der Waals surface area (Å²) in [6, 6.07) is 0.455. The van der Waals surface area contributed by atoms with E-state index < -0.39 is 0 Å². The van der Waals surface area contributed by atoms with E-state index in [0.717, 1.165) is 38.5 Å². The van der Waals surface area contributed by atoms with E-state index in [9.17, 15) is 0 Å². The summed E-state index contributed by atoms with van der Waals surface area (Å²) in [5.74, 6) is 3.15. The number of rotatable bonds is 4. The van der Waals surface area contributed by atoms with Crippen LogP contribution in [0.15, 0.2) is 0 Å². The van der Waals surface area contributed by atoms with Crippen LogP contribution in [0, 0.1) is 5.92 Å². The molecule has 0 radical (unpaired) electrons. The van der Waals surface area contributed by atoms with Crippen LogP contribution in [0.5, 0.6) is 0 Å². The van der Waals surface area contributed by atoms with Crippen LogP contribution in [0.4, 0.5) is 0 Å². The number of nitrogens with one attached hydrogen (secondary N) is 1. The van der Waals surface area contributed by atoms with Crippen molar-refractivity contribution in [1.82, 2.24) is 20.1 Å². The first-order chi connectivity index (χ1) is 9.92. The quantitative estimate of drug-likeness (QED) is 0.911. The Hall–Kier alpha value is -0.940. The van der Waals surface area contributed by atoms with Gasteiger partial charge in [0.05, 0.1) is 12.1 Å². The number of hydrogen-bond acceptors (Lipinski definition) is 4. The first-order valence-electron chi connectivity index (χ1n) is 8.19. The van der Waals surface area contributed by atoms with Crippen LogP contribution in [-0.2, 0) is 17.7 Å². The average Bonchev–Trinajstić information content (AvgIpc) is 3.26. The second kappa shape index (κ2) is 5.45. The molecular weight excluding hydrogens is 252 g/mol. The van der Waals surface area contributed by atoms with Crippen molar-refractivity contribution in [1.29, 1.82) is 0 Å². The lowest BCUT2D eigenvalue weighted by atomic mass is 10.0. The minimum atomic E-state index is 0.442. The molecule has 2 aliphatic heterocycles. The highest BCUT2D eigenvalue weighted by atomic mass is 16.5. The summed E-state index contributed by atoms with van der Waals surface area (Å²) in [6.07, 6.45) is 8.99. The lowest BCUT2D eigenvalue weighted by molar-refractivity contribution is 0.0111. The molecule has 1 aromatic heterocycles. The van der Waals surface area contributed by atoms with Gasteiger partial charge < -0.3 is 14.6 Å². The Morgan fingerprint density at radius 1 is 1.20 bits per heavy atom. The molecule has 1 saturated carbocycles. The van der Waals surface area contributed by atoms with Crippen LogP contribution in [0.1, 0.15) is 56.2 Å². The molecular formula is C15H24N4O. The molecule has 1 aliphatic carbocycles. The largest absolute Gasteiger partial charge is 0.378 e. The van der Waals surface area contributed by atoms with Crippen molar-refractivity contribution in [2.45, 2.75) is 63.6 Å². The SMILES string of the molecule is C1CCC(CCc2nnc3n2CCNC3C2CC2)OC1. The molecule has 5 heteroatoms. The standard InChI is InChI=1S/C15H24N4O/c1-2-10-20-12(3-1)6-7-13-17-18-15-14(11-4-5-11)16-8-9-19(13)15/h11-12,14,16H,1-10H2. The van der Waals surface area contributed by atoms with Gasteiger partial charge in [0, 0.05) is 26.1 Å². The predicted molar refractivity (Wildman–Crippen MR) is 75.4 cm³/mol. The van der Waals surface area contributed by atoms with Gasteiger partial charge in [-0.1, -0.05) is 0 Å². The number of fused-ring (bicyclic) bond motifs is 1. The van der Waals surface area contributed by atoms with E-state index in [-0.39, 0.29) is 0 Å². The van der Waals surface area contributed by atoms with Gasteiger partial charge in [-0.3, -0.25) is 0 Å². The summed E-state index contributed by atoms with van der Waals surface area (Å²) in [5, 5.41) is 12.5. The van der Waals surface area contributed by atoms with Gasteiger partial charge in [0.25, 0.3) is 0 Å². The van der Waals surface area contributed by atoms with E-state index in [1.54, 1.807) is 0 Å². The Kier molecular flexibility index (Phi) is 3.48. The van der Waals surface area contributed by atoms with Gasteiger partial charge in [0.1, 0.15) is 5.82 Å². The summed E-state index contributed by atoms with van der Waals surface area (Å²) in [7, 11) is 0. The summed E-state index contributed by atoms with van der Waals surface area (Å²) >= 11 is 0. The normalized spacial score (nSPS) is 30.2.